The number of ether oxygens (including phenoxy) is 1. The van der Waals surface area contributed by atoms with Crippen LogP contribution in [-0.4, -0.2) is 30.5 Å². The third-order valence-electron chi connectivity index (χ3n) is 1.98. The van der Waals surface area contributed by atoms with Crippen molar-refractivity contribution in [2.24, 2.45) is 4.99 Å². The summed E-state index contributed by atoms with van der Waals surface area (Å²) in [7, 11) is 0. The minimum Gasteiger partial charge on any atom is -0.477 e. The van der Waals surface area contributed by atoms with Crippen molar-refractivity contribution in [1.82, 2.24) is 10.3 Å². The van der Waals surface area contributed by atoms with Gasteiger partial charge in [0.25, 0.3) is 0 Å². The van der Waals surface area contributed by atoms with Gasteiger partial charge in [0.1, 0.15) is 5.84 Å². The van der Waals surface area contributed by atoms with E-state index in [1.54, 1.807) is 6.20 Å². The summed E-state index contributed by atoms with van der Waals surface area (Å²) in [5.74, 6) is 1.55. The standard InChI is InChI=1S/C10H13N3O/c1-2-14-10-8(4-3-5-13-10)9-11-6-7-12-9/h3-5H,2,6-7H2,1H3,(H,11,12). The predicted octanol–water partition coefficient (Wildman–Crippen LogP) is 0.830. The quantitative estimate of drug-likeness (QED) is 0.769. The summed E-state index contributed by atoms with van der Waals surface area (Å²) in [4.78, 5) is 8.50. The Kier molecular flexibility index (Phi) is 2.62. The van der Waals surface area contributed by atoms with Crippen LogP contribution in [0, 0.1) is 0 Å². The second kappa shape index (κ2) is 4.09. The van der Waals surface area contributed by atoms with E-state index in [1.165, 1.54) is 0 Å². The van der Waals surface area contributed by atoms with Crippen molar-refractivity contribution in [1.29, 1.82) is 0 Å². The van der Waals surface area contributed by atoms with Crippen molar-refractivity contribution in [3.8, 4) is 5.88 Å². The Labute approximate surface area is 83.0 Å². The van der Waals surface area contributed by atoms with Gasteiger partial charge in [-0.2, -0.15) is 0 Å². The summed E-state index contributed by atoms with van der Waals surface area (Å²) in [6, 6.07) is 3.86. The lowest BCUT2D eigenvalue weighted by Crippen LogP contribution is -2.20. The molecule has 1 N–H and O–H groups in total. The molecule has 4 heteroatoms. The molecule has 0 saturated heterocycles. The van der Waals surface area contributed by atoms with E-state index < -0.39 is 0 Å². The number of rotatable bonds is 3. The van der Waals surface area contributed by atoms with E-state index >= 15 is 0 Å². The molecule has 0 radical (unpaired) electrons. The Morgan fingerprint density at radius 3 is 3.21 bits per heavy atom. The normalized spacial score (nSPS) is 14.8. The monoisotopic (exact) mass is 191 g/mol. The first kappa shape index (κ1) is 8.99. The topological polar surface area (TPSA) is 46.5 Å². The van der Waals surface area contributed by atoms with Gasteiger partial charge in [0.15, 0.2) is 0 Å². The zero-order valence-corrected chi connectivity index (χ0v) is 8.16. The molecule has 0 amide bonds. The average Bonchev–Trinajstić information content (AvgIpc) is 2.72. The first-order chi connectivity index (χ1) is 6.92. The highest BCUT2D eigenvalue weighted by Crippen LogP contribution is 2.15. The summed E-state index contributed by atoms with van der Waals surface area (Å²) in [6.45, 7) is 4.30. The van der Waals surface area contributed by atoms with Crippen LogP contribution >= 0.6 is 0 Å². The number of amidine groups is 1. The van der Waals surface area contributed by atoms with Crippen LogP contribution in [0.1, 0.15) is 12.5 Å². The molecule has 0 unspecified atom stereocenters. The fraction of sp³-hybridized carbons (Fsp3) is 0.400. The molecule has 2 heterocycles. The Hall–Kier alpha value is -1.58. The lowest BCUT2D eigenvalue weighted by Gasteiger charge is -2.08. The number of aliphatic imine (C=N–C) groups is 1. The van der Waals surface area contributed by atoms with Gasteiger partial charge in [-0.15, -0.1) is 0 Å². The Bertz CT molecular complexity index is 349. The molecule has 0 bridgehead atoms. The maximum atomic E-state index is 5.42. The highest BCUT2D eigenvalue weighted by atomic mass is 16.5. The smallest absolute Gasteiger partial charge is 0.224 e. The van der Waals surface area contributed by atoms with E-state index in [-0.39, 0.29) is 0 Å². The molecule has 4 nitrogen and oxygen atoms in total. The lowest BCUT2D eigenvalue weighted by atomic mass is 10.2. The Morgan fingerprint density at radius 2 is 2.50 bits per heavy atom. The van der Waals surface area contributed by atoms with Crippen molar-refractivity contribution in [2.45, 2.75) is 6.92 Å². The minimum absolute atomic E-state index is 0.622. The SMILES string of the molecule is CCOc1ncccc1C1=NCCN1. The van der Waals surface area contributed by atoms with Crippen LogP contribution < -0.4 is 10.1 Å². The van der Waals surface area contributed by atoms with Gasteiger partial charge in [0.2, 0.25) is 5.88 Å². The summed E-state index contributed by atoms with van der Waals surface area (Å²) in [6.07, 6.45) is 1.73. The van der Waals surface area contributed by atoms with Crippen LogP contribution in [0.4, 0.5) is 0 Å². The highest BCUT2D eigenvalue weighted by Gasteiger charge is 2.13. The molecule has 1 aromatic heterocycles. The van der Waals surface area contributed by atoms with E-state index in [1.807, 2.05) is 19.1 Å². The van der Waals surface area contributed by atoms with Crippen LogP contribution in [-0.2, 0) is 0 Å². The second-order valence-electron chi connectivity index (χ2n) is 2.95. The first-order valence-electron chi connectivity index (χ1n) is 4.78. The molecule has 0 fully saturated rings. The predicted molar refractivity (Wildman–Crippen MR) is 54.8 cm³/mol. The summed E-state index contributed by atoms with van der Waals surface area (Å²) in [5.41, 5.74) is 0.951. The van der Waals surface area contributed by atoms with Crippen molar-refractivity contribution in [2.75, 3.05) is 19.7 Å². The number of aromatic nitrogens is 1. The number of hydrogen-bond acceptors (Lipinski definition) is 4. The highest BCUT2D eigenvalue weighted by molar-refractivity contribution is 6.01. The molecule has 2 rings (SSSR count). The number of pyridine rings is 1. The molecule has 1 aliphatic heterocycles. The van der Waals surface area contributed by atoms with E-state index in [0.717, 1.165) is 24.5 Å². The molecule has 0 atom stereocenters. The van der Waals surface area contributed by atoms with E-state index in [9.17, 15) is 0 Å². The maximum Gasteiger partial charge on any atom is 0.224 e. The van der Waals surface area contributed by atoms with Gasteiger partial charge in [-0.3, -0.25) is 4.99 Å². The van der Waals surface area contributed by atoms with Crippen molar-refractivity contribution in [3.63, 3.8) is 0 Å². The van der Waals surface area contributed by atoms with Crippen molar-refractivity contribution < 1.29 is 4.74 Å². The van der Waals surface area contributed by atoms with E-state index in [4.69, 9.17) is 4.74 Å². The molecule has 0 saturated carbocycles. The maximum absolute atomic E-state index is 5.42. The number of hydrogen-bond donors (Lipinski definition) is 1. The number of nitrogens with zero attached hydrogens (tertiary/aromatic N) is 2. The third-order valence-corrected chi connectivity index (χ3v) is 1.98. The van der Waals surface area contributed by atoms with Crippen LogP contribution in [0.5, 0.6) is 5.88 Å². The molecular formula is C10H13N3O. The molecule has 14 heavy (non-hydrogen) atoms. The zero-order valence-electron chi connectivity index (χ0n) is 8.16. The van der Waals surface area contributed by atoms with Gasteiger partial charge in [0, 0.05) is 12.7 Å². The molecule has 1 aromatic rings. The van der Waals surface area contributed by atoms with Crippen LogP contribution in [0.25, 0.3) is 0 Å². The van der Waals surface area contributed by atoms with Gasteiger partial charge < -0.3 is 10.1 Å². The Morgan fingerprint density at radius 1 is 1.57 bits per heavy atom. The zero-order chi connectivity index (χ0) is 9.80. The van der Waals surface area contributed by atoms with Gasteiger partial charge in [0.05, 0.1) is 18.7 Å². The van der Waals surface area contributed by atoms with Gasteiger partial charge >= 0.3 is 0 Å². The van der Waals surface area contributed by atoms with Crippen molar-refractivity contribution in [3.05, 3.63) is 23.9 Å². The third kappa shape index (κ3) is 1.69. The van der Waals surface area contributed by atoms with Crippen LogP contribution in [0.2, 0.25) is 0 Å². The summed E-state index contributed by atoms with van der Waals surface area (Å²) >= 11 is 0. The van der Waals surface area contributed by atoms with E-state index in [0.29, 0.717) is 12.5 Å². The Balaban J connectivity index is 2.31. The molecule has 0 aliphatic carbocycles. The summed E-state index contributed by atoms with van der Waals surface area (Å²) in [5, 5.41) is 3.20. The van der Waals surface area contributed by atoms with E-state index in [2.05, 4.69) is 15.3 Å². The van der Waals surface area contributed by atoms with Gasteiger partial charge in [-0.25, -0.2) is 4.98 Å². The molecular weight excluding hydrogens is 178 g/mol. The number of nitrogens with one attached hydrogen (secondary N) is 1. The largest absolute Gasteiger partial charge is 0.477 e. The fourth-order valence-electron chi connectivity index (χ4n) is 1.40. The molecule has 0 spiro atoms. The van der Waals surface area contributed by atoms with Gasteiger partial charge in [-0.1, -0.05) is 0 Å². The van der Waals surface area contributed by atoms with Crippen LogP contribution in [0.3, 0.4) is 0 Å². The molecule has 74 valence electrons. The van der Waals surface area contributed by atoms with Crippen molar-refractivity contribution >= 4 is 5.84 Å². The fourth-order valence-corrected chi connectivity index (χ4v) is 1.40. The first-order valence-corrected chi connectivity index (χ1v) is 4.78. The molecule has 0 aromatic carbocycles. The average molecular weight is 191 g/mol. The lowest BCUT2D eigenvalue weighted by molar-refractivity contribution is 0.326. The van der Waals surface area contributed by atoms with Crippen LogP contribution in [0.15, 0.2) is 23.3 Å². The molecule has 1 aliphatic rings. The minimum atomic E-state index is 0.622. The van der Waals surface area contributed by atoms with Gasteiger partial charge in [-0.05, 0) is 19.1 Å². The summed E-state index contributed by atoms with van der Waals surface area (Å²) < 4.78 is 5.42. The second-order valence-corrected chi connectivity index (χ2v) is 2.95.